The number of fused-ring (bicyclic) bond motifs is 3. The Morgan fingerprint density at radius 1 is 1.04 bits per heavy atom. The summed E-state index contributed by atoms with van der Waals surface area (Å²) in [5.41, 5.74) is 1.53. The first-order valence-corrected chi connectivity index (χ1v) is 10.3. The Morgan fingerprint density at radius 3 is 2.59 bits per heavy atom. The van der Waals surface area contributed by atoms with Crippen molar-refractivity contribution in [2.75, 3.05) is 0 Å². The van der Waals surface area contributed by atoms with Crippen LogP contribution in [-0.2, 0) is 6.42 Å². The van der Waals surface area contributed by atoms with Crippen molar-refractivity contribution in [2.24, 2.45) is 11.8 Å². The van der Waals surface area contributed by atoms with Gasteiger partial charge in [-0.2, -0.15) is 0 Å². The number of rotatable bonds is 3. The molecule has 0 bridgehead atoms. The molecule has 144 valence electrons. The van der Waals surface area contributed by atoms with Gasteiger partial charge in [-0.25, -0.2) is 13.2 Å². The maximum absolute atomic E-state index is 15.3. The second-order valence-corrected chi connectivity index (χ2v) is 8.52. The summed E-state index contributed by atoms with van der Waals surface area (Å²) in [7, 11) is 0. The minimum absolute atomic E-state index is 0.0517. The number of benzene rings is 2. The Balaban J connectivity index is 1.72. The molecule has 0 saturated heterocycles. The van der Waals surface area contributed by atoms with E-state index in [9.17, 15) is 8.78 Å². The Morgan fingerprint density at radius 2 is 1.85 bits per heavy atom. The number of hydrogen-bond donors (Lipinski definition) is 0. The van der Waals surface area contributed by atoms with Gasteiger partial charge in [0.25, 0.3) is 0 Å². The smallest absolute Gasteiger partial charge is 0.142 e. The normalized spacial score (nSPS) is 24.4. The van der Waals surface area contributed by atoms with Gasteiger partial charge < -0.3 is 0 Å². The number of halogens is 4. The molecule has 2 aromatic carbocycles. The fourth-order valence-corrected chi connectivity index (χ4v) is 5.39. The van der Waals surface area contributed by atoms with Crippen LogP contribution in [0.5, 0.6) is 0 Å². The summed E-state index contributed by atoms with van der Waals surface area (Å²) in [5.74, 6) is -0.267. The van der Waals surface area contributed by atoms with Crippen molar-refractivity contribution in [3.8, 4) is 11.1 Å². The van der Waals surface area contributed by atoms with E-state index in [1.807, 2.05) is 0 Å². The molecule has 27 heavy (non-hydrogen) atoms. The van der Waals surface area contributed by atoms with Crippen molar-refractivity contribution in [2.45, 2.75) is 57.8 Å². The highest BCUT2D eigenvalue weighted by molar-refractivity contribution is 6.30. The lowest BCUT2D eigenvalue weighted by atomic mass is 9.64. The zero-order chi connectivity index (χ0) is 19.1. The summed E-state index contributed by atoms with van der Waals surface area (Å²) in [6.07, 6.45) is 7.35. The van der Waals surface area contributed by atoms with Gasteiger partial charge in [-0.15, -0.1) is 0 Å². The van der Waals surface area contributed by atoms with Gasteiger partial charge in [0.2, 0.25) is 0 Å². The highest BCUT2D eigenvalue weighted by Gasteiger charge is 2.37. The molecule has 1 fully saturated rings. The van der Waals surface area contributed by atoms with E-state index in [0.29, 0.717) is 17.9 Å². The largest absolute Gasteiger partial charge is 0.206 e. The lowest BCUT2D eigenvalue weighted by Gasteiger charge is -2.41. The van der Waals surface area contributed by atoms with E-state index < -0.39 is 17.5 Å². The third kappa shape index (κ3) is 3.40. The molecule has 0 radical (unpaired) electrons. The molecule has 0 spiro atoms. The lowest BCUT2D eigenvalue weighted by Crippen LogP contribution is -2.29. The van der Waals surface area contributed by atoms with Crippen molar-refractivity contribution < 1.29 is 13.2 Å². The van der Waals surface area contributed by atoms with E-state index in [2.05, 4.69) is 6.92 Å². The Hall–Kier alpha value is -1.48. The minimum atomic E-state index is -0.667. The topological polar surface area (TPSA) is 0 Å². The predicted octanol–water partition coefficient (Wildman–Crippen LogP) is 7.67. The van der Waals surface area contributed by atoms with Gasteiger partial charge in [-0.1, -0.05) is 37.4 Å². The van der Waals surface area contributed by atoms with Crippen LogP contribution in [0.4, 0.5) is 13.2 Å². The van der Waals surface area contributed by atoms with Crippen molar-refractivity contribution in [3.05, 3.63) is 57.9 Å². The van der Waals surface area contributed by atoms with Gasteiger partial charge >= 0.3 is 0 Å². The zero-order valence-electron chi connectivity index (χ0n) is 15.5. The molecule has 0 amide bonds. The summed E-state index contributed by atoms with van der Waals surface area (Å²) in [6.45, 7) is 2.22. The molecule has 2 aliphatic carbocycles. The van der Waals surface area contributed by atoms with Crippen LogP contribution in [0.3, 0.4) is 0 Å². The third-order valence-electron chi connectivity index (χ3n) is 6.51. The minimum Gasteiger partial charge on any atom is -0.206 e. The summed E-state index contributed by atoms with van der Waals surface area (Å²) in [5, 5.41) is -0.0517. The van der Waals surface area contributed by atoms with Gasteiger partial charge in [0, 0.05) is 0 Å². The molecule has 2 aromatic rings. The first kappa shape index (κ1) is 18.9. The van der Waals surface area contributed by atoms with Crippen LogP contribution in [0.25, 0.3) is 11.1 Å². The molecule has 3 atom stereocenters. The fraction of sp³-hybridized carbons (Fsp3) is 0.478. The Labute approximate surface area is 163 Å². The van der Waals surface area contributed by atoms with Crippen LogP contribution in [0.2, 0.25) is 5.02 Å². The molecule has 2 aliphatic rings. The quantitative estimate of drug-likeness (QED) is 0.502. The molecular weight excluding hydrogens is 369 g/mol. The van der Waals surface area contributed by atoms with E-state index >= 15 is 4.39 Å². The monoisotopic (exact) mass is 392 g/mol. The predicted molar refractivity (Wildman–Crippen MR) is 104 cm³/mol. The first-order chi connectivity index (χ1) is 13.0. The van der Waals surface area contributed by atoms with Gasteiger partial charge in [-0.05, 0) is 84.7 Å². The van der Waals surface area contributed by atoms with Crippen LogP contribution in [0.15, 0.2) is 24.3 Å². The molecule has 4 heteroatoms. The fourth-order valence-electron chi connectivity index (χ4n) is 5.27. The van der Waals surface area contributed by atoms with Gasteiger partial charge in [-0.3, -0.25) is 0 Å². The molecule has 0 N–H and O–H groups in total. The van der Waals surface area contributed by atoms with Crippen LogP contribution in [-0.4, -0.2) is 0 Å². The van der Waals surface area contributed by atoms with Crippen LogP contribution >= 0.6 is 11.6 Å². The average Bonchev–Trinajstić information content (AvgIpc) is 2.64. The zero-order valence-corrected chi connectivity index (χ0v) is 16.3. The molecule has 0 nitrogen and oxygen atoms in total. The van der Waals surface area contributed by atoms with E-state index in [1.54, 1.807) is 0 Å². The van der Waals surface area contributed by atoms with Crippen LogP contribution < -0.4 is 0 Å². The molecule has 0 aliphatic heterocycles. The van der Waals surface area contributed by atoms with E-state index in [-0.39, 0.29) is 22.1 Å². The second-order valence-electron chi connectivity index (χ2n) is 8.12. The lowest BCUT2D eigenvalue weighted by molar-refractivity contribution is 0.199. The highest BCUT2D eigenvalue weighted by Crippen LogP contribution is 2.49. The Kier molecular flexibility index (Phi) is 5.24. The Bertz CT molecular complexity index is 861. The summed E-state index contributed by atoms with van der Waals surface area (Å²) < 4.78 is 44.0. The second kappa shape index (κ2) is 7.50. The molecule has 1 saturated carbocycles. The van der Waals surface area contributed by atoms with Crippen LogP contribution in [0, 0.1) is 29.3 Å². The highest BCUT2D eigenvalue weighted by atomic mass is 35.5. The van der Waals surface area contributed by atoms with Gasteiger partial charge in [0.15, 0.2) is 0 Å². The number of hydrogen-bond acceptors (Lipinski definition) is 0. The van der Waals surface area contributed by atoms with Crippen molar-refractivity contribution >= 4 is 11.6 Å². The molecule has 0 unspecified atom stereocenters. The summed E-state index contributed by atoms with van der Waals surface area (Å²) in [6, 6.07) is 5.44. The molecule has 0 aromatic heterocycles. The van der Waals surface area contributed by atoms with Crippen molar-refractivity contribution in [1.82, 2.24) is 0 Å². The van der Waals surface area contributed by atoms with Crippen LogP contribution in [0.1, 0.15) is 62.5 Å². The maximum atomic E-state index is 15.3. The standard InChI is InChI=1S/C23H24ClF3/c1-2-3-13-4-7-16-14(10-13)5-8-17-18(16)12-21(26)22(23(17)27)15-6-9-19(24)20(25)11-15/h6,9,11-14,16H,2-5,7-8,10H2,1H3/t13-,14-,16+/m1/s1. The molecule has 4 rings (SSSR count). The molecule has 0 heterocycles. The van der Waals surface area contributed by atoms with E-state index in [0.717, 1.165) is 36.8 Å². The maximum Gasteiger partial charge on any atom is 0.142 e. The van der Waals surface area contributed by atoms with Gasteiger partial charge in [0.1, 0.15) is 17.5 Å². The third-order valence-corrected chi connectivity index (χ3v) is 6.82. The summed E-state index contributed by atoms with van der Waals surface area (Å²) in [4.78, 5) is 0. The average molecular weight is 393 g/mol. The SMILES string of the molecule is CCC[C@@H]1CC[C@@H]2c3cc(F)c(-c4ccc(Cl)c(F)c4)c(F)c3CC[C@@H]2C1. The molecular formula is C23H24ClF3. The van der Waals surface area contributed by atoms with Gasteiger partial charge in [0.05, 0.1) is 10.6 Å². The summed E-state index contributed by atoms with van der Waals surface area (Å²) >= 11 is 5.71. The van der Waals surface area contributed by atoms with E-state index in [4.69, 9.17) is 11.6 Å². The van der Waals surface area contributed by atoms with Crippen molar-refractivity contribution in [1.29, 1.82) is 0 Å². The van der Waals surface area contributed by atoms with Crippen molar-refractivity contribution in [3.63, 3.8) is 0 Å². The first-order valence-electron chi connectivity index (χ1n) is 9.95. The van der Waals surface area contributed by atoms with E-state index in [1.165, 1.54) is 37.5 Å².